The van der Waals surface area contributed by atoms with E-state index in [2.05, 4.69) is 18.2 Å². The number of hydrogen-bond acceptors (Lipinski definition) is 3. The second-order valence-corrected chi connectivity index (χ2v) is 6.81. The summed E-state index contributed by atoms with van der Waals surface area (Å²) in [5.41, 5.74) is 3.84. The minimum Gasteiger partial charge on any atom is -0.381 e. The van der Waals surface area contributed by atoms with Crippen LogP contribution in [-0.4, -0.2) is 19.0 Å². The van der Waals surface area contributed by atoms with Gasteiger partial charge in [0.15, 0.2) is 5.78 Å². The van der Waals surface area contributed by atoms with Crippen molar-refractivity contribution in [1.82, 2.24) is 0 Å². The average Bonchev–Trinajstić information content (AvgIpc) is 2.87. The van der Waals surface area contributed by atoms with E-state index < -0.39 is 0 Å². The van der Waals surface area contributed by atoms with Crippen LogP contribution in [0.3, 0.4) is 0 Å². The van der Waals surface area contributed by atoms with E-state index >= 15 is 0 Å². The maximum absolute atomic E-state index is 13.0. The normalized spacial score (nSPS) is 25.5. The Labute approximate surface area is 136 Å². The molecule has 1 heterocycles. The first-order valence-electron chi connectivity index (χ1n) is 8.25. The van der Waals surface area contributed by atoms with Gasteiger partial charge in [0.25, 0.3) is 0 Å². The number of ketones is 1. The molecule has 0 saturated carbocycles. The predicted molar refractivity (Wildman–Crippen MR) is 86.8 cm³/mol. The summed E-state index contributed by atoms with van der Waals surface area (Å²) in [6.07, 6.45) is 7.68. The molecule has 0 amide bonds. The molecule has 3 heteroatoms. The number of carbonyl (C=O) groups is 1. The number of nitrogens with zero attached hydrogens (tertiary/aromatic N) is 1. The van der Waals surface area contributed by atoms with E-state index in [0.29, 0.717) is 24.6 Å². The fourth-order valence-corrected chi connectivity index (χ4v) is 4.15. The number of ether oxygens (including phenoxy) is 1. The van der Waals surface area contributed by atoms with Gasteiger partial charge in [-0.15, -0.1) is 0 Å². The zero-order valence-corrected chi connectivity index (χ0v) is 13.0. The van der Waals surface area contributed by atoms with Gasteiger partial charge in [-0.25, -0.2) is 0 Å². The van der Waals surface area contributed by atoms with Crippen molar-refractivity contribution in [2.75, 3.05) is 13.2 Å². The van der Waals surface area contributed by atoms with Crippen molar-refractivity contribution in [2.45, 2.75) is 31.6 Å². The smallest absolute Gasteiger partial charge is 0.165 e. The van der Waals surface area contributed by atoms with Gasteiger partial charge in [0.1, 0.15) is 0 Å². The van der Waals surface area contributed by atoms with Crippen molar-refractivity contribution in [3.05, 3.63) is 58.7 Å². The van der Waals surface area contributed by atoms with Crippen molar-refractivity contribution < 1.29 is 9.53 Å². The molecular formula is C20H19NO2. The van der Waals surface area contributed by atoms with Crippen LogP contribution in [-0.2, 0) is 9.53 Å². The van der Waals surface area contributed by atoms with Gasteiger partial charge < -0.3 is 4.74 Å². The predicted octanol–water partition coefficient (Wildman–Crippen LogP) is 3.67. The fraction of sp³-hybridized carbons (Fsp3) is 0.400. The van der Waals surface area contributed by atoms with Crippen LogP contribution >= 0.6 is 0 Å². The first kappa shape index (κ1) is 14.4. The Morgan fingerprint density at radius 2 is 2.09 bits per heavy atom. The van der Waals surface area contributed by atoms with Gasteiger partial charge in [0.05, 0.1) is 11.6 Å². The molecule has 1 atom stereocenters. The van der Waals surface area contributed by atoms with Gasteiger partial charge in [0.2, 0.25) is 0 Å². The Morgan fingerprint density at radius 1 is 1.26 bits per heavy atom. The number of carbonyl (C=O) groups excluding carboxylic acids is 1. The first-order valence-corrected chi connectivity index (χ1v) is 8.25. The summed E-state index contributed by atoms with van der Waals surface area (Å²) in [5, 5.41) is 9.08. The minimum absolute atomic E-state index is 0.195. The molecule has 1 aromatic carbocycles. The summed E-state index contributed by atoms with van der Waals surface area (Å²) in [4.78, 5) is 13.0. The number of benzene rings is 1. The van der Waals surface area contributed by atoms with Crippen LogP contribution in [0.2, 0.25) is 0 Å². The summed E-state index contributed by atoms with van der Waals surface area (Å²) < 4.78 is 5.45. The van der Waals surface area contributed by atoms with Crippen molar-refractivity contribution >= 4 is 5.78 Å². The standard InChI is InChI=1S/C20H19NO2/c21-13-14-2-1-3-15(10-14)16-4-5-17-12-20(6-8-23-9-7-20)19(22)18(17)11-16/h1-5,10,16H,6-9,11-12H2. The molecule has 4 rings (SSSR count). The third kappa shape index (κ3) is 2.34. The van der Waals surface area contributed by atoms with E-state index in [1.54, 1.807) is 0 Å². The second kappa shape index (κ2) is 5.47. The van der Waals surface area contributed by atoms with E-state index in [1.807, 2.05) is 24.3 Å². The number of Topliss-reactive ketones (excluding diaryl/α,β-unsaturated/α-hetero) is 1. The largest absolute Gasteiger partial charge is 0.381 e. The highest BCUT2D eigenvalue weighted by atomic mass is 16.5. The highest BCUT2D eigenvalue weighted by molar-refractivity contribution is 6.04. The van der Waals surface area contributed by atoms with Crippen LogP contribution in [0.15, 0.2) is 47.6 Å². The van der Waals surface area contributed by atoms with Crippen molar-refractivity contribution in [3.8, 4) is 6.07 Å². The zero-order valence-electron chi connectivity index (χ0n) is 13.0. The van der Waals surface area contributed by atoms with Crippen molar-refractivity contribution in [2.24, 2.45) is 5.41 Å². The van der Waals surface area contributed by atoms with Crippen LogP contribution in [0.1, 0.15) is 42.7 Å². The molecule has 1 unspecified atom stereocenters. The molecule has 1 fully saturated rings. The summed E-state index contributed by atoms with van der Waals surface area (Å²) >= 11 is 0. The highest BCUT2D eigenvalue weighted by Crippen LogP contribution is 2.50. The molecule has 2 aliphatic carbocycles. The summed E-state index contributed by atoms with van der Waals surface area (Å²) in [5.74, 6) is 0.544. The SMILES string of the molecule is N#Cc1cccc(C2C=CC3=C(C2)C(=O)C2(CCOCC2)C3)c1. The lowest BCUT2D eigenvalue weighted by atomic mass is 9.75. The van der Waals surface area contributed by atoms with Gasteiger partial charge in [0, 0.05) is 24.5 Å². The molecule has 116 valence electrons. The number of nitriles is 1. The van der Waals surface area contributed by atoms with E-state index in [4.69, 9.17) is 10.00 Å². The van der Waals surface area contributed by atoms with Crippen LogP contribution in [0, 0.1) is 16.7 Å². The number of rotatable bonds is 1. The zero-order chi connectivity index (χ0) is 15.9. The minimum atomic E-state index is -0.198. The third-order valence-electron chi connectivity index (χ3n) is 5.52. The van der Waals surface area contributed by atoms with E-state index in [-0.39, 0.29) is 11.3 Å². The Kier molecular flexibility index (Phi) is 3.43. The molecule has 3 aliphatic rings. The molecule has 0 N–H and O–H groups in total. The Bertz CT molecular complexity index is 760. The van der Waals surface area contributed by atoms with Gasteiger partial charge >= 0.3 is 0 Å². The molecular weight excluding hydrogens is 286 g/mol. The van der Waals surface area contributed by atoms with E-state index in [9.17, 15) is 4.79 Å². The van der Waals surface area contributed by atoms with Crippen LogP contribution in [0.4, 0.5) is 0 Å². The van der Waals surface area contributed by atoms with Crippen molar-refractivity contribution in [3.63, 3.8) is 0 Å². The maximum atomic E-state index is 13.0. The third-order valence-corrected chi connectivity index (χ3v) is 5.52. The Morgan fingerprint density at radius 3 is 2.87 bits per heavy atom. The summed E-state index contributed by atoms with van der Waals surface area (Å²) in [7, 11) is 0. The average molecular weight is 305 g/mol. The molecule has 1 saturated heterocycles. The van der Waals surface area contributed by atoms with Gasteiger partial charge in [-0.3, -0.25) is 4.79 Å². The monoisotopic (exact) mass is 305 g/mol. The Hall–Kier alpha value is -2.18. The van der Waals surface area contributed by atoms with Gasteiger partial charge in [-0.05, 0) is 54.5 Å². The van der Waals surface area contributed by atoms with E-state index in [1.165, 1.54) is 5.57 Å². The molecule has 0 aromatic heterocycles. The van der Waals surface area contributed by atoms with Crippen LogP contribution in [0.5, 0.6) is 0 Å². The topological polar surface area (TPSA) is 50.1 Å². The molecule has 1 aliphatic heterocycles. The maximum Gasteiger partial charge on any atom is 0.165 e. The second-order valence-electron chi connectivity index (χ2n) is 6.81. The molecule has 0 radical (unpaired) electrons. The number of allylic oxidation sites excluding steroid dienone is 4. The number of hydrogen-bond donors (Lipinski definition) is 0. The lowest BCUT2D eigenvalue weighted by Crippen LogP contribution is -2.34. The highest BCUT2D eigenvalue weighted by Gasteiger charge is 2.47. The van der Waals surface area contributed by atoms with Gasteiger partial charge in [-0.2, -0.15) is 5.26 Å². The molecule has 3 nitrogen and oxygen atoms in total. The molecule has 1 spiro atoms. The molecule has 1 aromatic rings. The lowest BCUT2D eigenvalue weighted by Gasteiger charge is -2.32. The van der Waals surface area contributed by atoms with Crippen LogP contribution in [0.25, 0.3) is 0 Å². The quantitative estimate of drug-likeness (QED) is 0.795. The van der Waals surface area contributed by atoms with E-state index in [0.717, 1.165) is 36.8 Å². The van der Waals surface area contributed by atoms with Gasteiger partial charge in [-0.1, -0.05) is 24.3 Å². The molecule has 0 bridgehead atoms. The Balaban J connectivity index is 1.59. The van der Waals surface area contributed by atoms with Crippen molar-refractivity contribution in [1.29, 1.82) is 5.26 Å². The van der Waals surface area contributed by atoms with Crippen LogP contribution < -0.4 is 0 Å². The summed E-state index contributed by atoms with van der Waals surface area (Å²) in [6.45, 7) is 1.40. The first-order chi connectivity index (χ1) is 11.2. The lowest BCUT2D eigenvalue weighted by molar-refractivity contribution is -0.128. The fourth-order valence-electron chi connectivity index (χ4n) is 4.15. The summed E-state index contributed by atoms with van der Waals surface area (Å²) in [6, 6.07) is 9.91. The molecule has 23 heavy (non-hydrogen) atoms.